The SMILES string of the molecule is CCn1cccc1CNC1CCCCC1O. The number of hydrogen-bond donors (Lipinski definition) is 2. The lowest BCUT2D eigenvalue weighted by molar-refractivity contribution is 0.0899. The highest BCUT2D eigenvalue weighted by molar-refractivity contribution is 5.07. The van der Waals surface area contributed by atoms with Crippen molar-refractivity contribution in [2.24, 2.45) is 0 Å². The van der Waals surface area contributed by atoms with Gasteiger partial charge in [0.05, 0.1) is 6.10 Å². The Bertz CT molecular complexity index is 321. The third kappa shape index (κ3) is 2.66. The zero-order valence-electron chi connectivity index (χ0n) is 10.0. The molecular formula is C13H22N2O. The summed E-state index contributed by atoms with van der Waals surface area (Å²) in [5.41, 5.74) is 1.31. The van der Waals surface area contributed by atoms with Crippen molar-refractivity contribution in [2.45, 2.75) is 57.8 Å². The lowest BCUT2D eigenvalue weighted by Gasteiger charge is -2.28. The van der Waals surface area contributed by atoms with Gasteiger partial charge in [0, 0.05) is 31.0 Å². The Morgan fingerprint density at radius 2 is 2.25 bits per heavy atom. The first kappa shape index (κ1) is 11.7. The number of aliphatic hydroxyl groups is 1. The molecule has 2 atom stereocenters. The lowest BCUT2D eigenvalue weighted by Crippen LogP contribution is -2.41. The predicted octanol–water partition coefficient (Wildman–Crippen LogP) is 1.90. The van der Waals surface area contributed by atoms with Crippen molar-refractivity contribution >= 4 is 0 Å². The number of aryl methyl sites for hydroxylation is 1. The van der Waals surface area contributed by atoms with Gasteiger partial charge >= 0.3 is 0 Å². The molecule has 1 aliphatic rings. The first-order valence-electron chi connectivity index (χ1n) is 6.36. The van der Waals surface area contributed by atoms with Crippen molar-refractivity contribution in [3.05, 3.63) is 24.0 Å². The van der Waals surface area contributed by atoms with E-state index in [2.05, 4.69) is 35.1 Å². The minimum Gasteiger partial charge on any atom is -0.392 e. The summed E-state index contributed by atoms with van der Waals surface area (Å²) < 4.78 is 2.24. The number of aliphatic hydroxyl groups excluding tert-OH is 1. The van der Waals surface area contributed by atoms with Gasteiger partial charge in [-0.05, 0) is 31.9 Å². The second kappa shape index (κ2) is 5.51. The fraction of sp³-hybridized carbons (Fsp3) is 0.692. The summed E-state index contributed by atoms with van der Waals surface area (Å²) in [6.45, 7) is 4.03. The summed E-state index contributed by atoms with van der Waals surface area (Å²) in [4.78, 5) is 0. The molecule has 2 N–H and O–H groups in total. The zero-order chi connectivity index (χ0) is 11.4. The first-order chi connectivity index (χ1) is 7.81. The Hall–Kier alpha value is -0.800. The summed E-state index contributed by atoms with van der Waals surface area (Å²) in [6, 6.07) is 4.51. The molecule has 1 aromatic heterocycles. The summed E-state index contributed by atoms with van der Waals surface area (Å²) in [5, 5.41) is 13.3. The Morgan fingerprint density at radius 3 is 3.00 bits per heavy atom. The second-order valence-corrected chi connectivity index (χ2v) is 4.62. The molecule has 3 heteroatoms. The number of aromatic nitrogens is 1. The molecule has 16 heavy (non-hydrogen) atoms. The molecule has 90 valence electrons. The van der Waals surface area contributed by atoms with Crippen LogP contribution in [0.5, 0.6) is 0 Å². The number of hydrogen-bond acceptors (Lipinski definition) is 2. The lowest BCUT2D eigenvalue weighted by atomic mass is 9.92. The zero-order valence-corrected chi connectivity index (χ0v) is 10.0. The molecular weight excluding hydrogens is 200 g/mol. The highest BCUT2D eigenvalue weighted by Gasteiger charge is 2.22. The van der Waals surface area contributed by atoms with Crippen LogP contribution in [0.15, 0.2) is 18.3 Å². The van der Waals surface area contributed by atoms with Gasteiger partial charge in [-0.2, -0.15) is 0 Å². The van der Waals surface area contributed by atoms with Crippen LogP contribution in [0.25, 0.3) is 0 Å². The van der Waals surface area contributed by atoms with E-state index in [0.717, 1.165) is 25.9 Å². The van der Waals surface area contributed by atoms with E-state index in [9.17, 15) is 5.11 Å². The topological polar surface area (TPSA) is 37.2 Å². The maximum atomic E-state index is 9.85. The minimum atomic E-state index is -0.154. The summed E-state index contributed by atoms with van der Waals surface area (Å²) in [5.74, 6) is 0. The smallest absolute Gasteiger partial charge is 0.0693 e. The number of nitrogens with zero attached hydrogens (tertiary/aromatic N) is 1. The Balaban J connectivity index is 1.86. The van der Waals surface area contributed by atoms with E-state index < -0.39 is 0 Å². The maximum absolute atomic E-state index is 9.85. The normalized spacial score (nSPS) is 25.9. The molecule has 2 unspecified atom stereocenters. The van der Waals surface area contributed by atoms with E-state index >= 15 is 0 Å². The molecule has 0 bridgehead atoms. The molecule has 0 amide bonds. The van der Waals surface area contributed by atoms with Gasteiger partial charge in [-0.1, -0.05) is 12.8 Å². The van der Waals surface area contributed by atoms with Gasteiger partial charge < -0.3 is 15.0 Å². The van der Waals surface area contributed by atoms with Crippen molar-refractivity contribution in [2.75, 3.05) is 0 Å². The molecule has 1 aliphatic carbocycles. The molecule has 0 spiro atoms. The van der Waals surface area contributed by atoms with E-state index in [1.54, 1.807) is 0 Å². The van der Waals surface area contributed by atoms with Crippen LogP contribution in [0.2, 0.25) is 0 Å². The van der Waals surface area contributed by atoms with Crippen LogP contribution in [0.4, 0.5) is 0 Å². The van der Waals surface area contributed by atoms with Gasteiger partial charge in [0.1, 0.15) is 0 Å². The average molecular weight is 222 g/mol. The summed E-state index contributed by atoms with van der Waals surface area (Å²) >= 11 is 0. The van der Waals surface area contributed by atoms with Crippen LogP contribution in [0.1, 0.15) is 38.3 Å². The standard InChI is InChI=1S/C13H22N2O/c1-2-15-9-5-6-11(15)10-14-12-7-3-4-8-13(12)16/h5-6,9,12-14,16H,2-4,7-8,10H2,1H3. The molecule has 1 fully saturated rings. The molecule has 0 aromatic carbocycles. The molecule has 0 saturated heterocycles. The first-order valence-corrected chi connectivity index (χ1v) is 6.36. The van der Waals surface area contributed by atoms with Gasteiger partial charge in [0.25, 0.3) is 0 Å². The molecule has 3 nitrogen and oxygen atoms in total. The summed E-state index contributed by atoms with van der Waals surface area (Å²) in [6.07, 6.45) is 6.42. The summed E-state index contributed by atoms with van der Waals surface area (Å²) in [7, 11) is 0. The van der Waals surface area contributed by atoms with Gasteiger partial charge in [0.2, 0.25) is 0 Å². The van der Waals surface area contributed by atoms with Gasteiger partial charge in [-0.25, -0.2) is 0 Å². The molecule has 1 aromatic rings. The van der Waals surface area contributed by atoms with Crippen molar-refractivity contribution in [1.82, 2.24) is 9.88 Å². The Labute approximate surface area is 97.5 Å². The van der Waals surface area contributed by atoms with Gasteiger partial charge in [-0.15, -0.1) is 0 Å². The van der Waals surface area contributed by atoms with Crippen LogP contribution >= 0.6 is 0 Å². The highest BCUT2D eigenvalue weighted by Crippen LogP contribution is 2.18. The van der Waals surface area contributed by atoms with Crippen LogP contribution in [-0.4, -0.2) is 21.8 Å². The molecule has 2 rings (SSSR count). The fourth-order valence-corrected chi connectivity index (χ4v) is 2.50. The van der Waals surface area contributed by atoms with E-state index in [0.29, 0.717) is 0 Å². The fourth-order valence-electron chi connectivity index (χ4n) is 2.50. The molecule has 1 heterocycles. The highest BCUT2D eigenvalue weighted by atomic mass is 16.3. The van der Waals surface area contributed by atoms with Crippen LogP contribution in [-0.2, 0) is 13.1 Å². The van der Waals surface area contributed by atoms with Crippen molar-refractivity contribution < 1.29 is 5.11 Å². The van der Waals surface area contributed by atoms with Crippen LogP contribution in [0, 0.1) is 0 Å². The molecule has 0 radical (unpaired) electrons. The van der Waals surface area contributed by atoms with Crippen molar-refractivity contribution in [3.63, 3.8) is 0 Å². The van der Waals surface area contributed by atoms with Crippen molar-refractivity contribution in [3.8, 4) is 0 Å². The Kier molecular flexibility index (Phi) is 4.02. The van der Waals surface area contributed by atoms with E-state index in [1.165, 1.54) is 18.5 Å². The largest absolute Gasteiger partial charge is 0.392 e. The quantitative estimate of drug-likeness (QED) is 0.816. The second-order valence-electron chi connectivity index (χ2n) is 4.62. The monoisotopic (exact) mass is 222 g/mol. The minimum absolute atomic E-state index is 0.154. The maximum Gasteiger partial charge on any atom is 0.0693 e. The van der Waals surface area contributed by atoms with Crippen LogP contribution in [0.3, 0.4) is 0 Å². The Morgan fingerprint density at radius 1 is 1.44 bits per heavy atom. The number of rotatable bonds is 4. The van der Waals surface area contributed by atoms with Crippen LogP contribution < -0.4 is 5.32 Å². The van der Waals surface area contributed by atoms with Gasteiger partial charge in [-0.3, -0.25) is 0 Å². The third-order valence-electron chi connectivity index (χ3n) is 3.54. The van der Waals surface area contributed by atoms with E-state index in [-0.39, 0.29) is 12.1 Å². The molecule has 0 aliphatic heterocycles. The molecule has 1 saturated carbocycles. The predicted molar refractivity (Wildman–Crippen MR) is 65.2 cm³/mol. The van der Waals surface area contributed by atoms with E-state index in [4.69, 9.17) is 0 Å². The third-order valence-corrected chi connectivity index (χ3v) is 3.54. The average Bonchev–Trinajstić information content (AvgIpc) is 2.75. The number of nitrogens with one attached hydrogen (secondary N) is 1. The van der Waals surface area contributed by atoms with Crippen molar-refractivity contribution in [1.29, 1.82) is 0 Å². The van der Waals surface area contributed by atoms with E-state index in [1.807, 2.05) is 0 Å². The van der Waals surface area contributed by atoms with Gasteiger partial charge in [0.15, 0.2) is 0 Å².